The van der Waals surface area contributed by atoms with Crippen LogP contribution in [0.4, 0.5) is 10.5 Å². The van der Waals surface area contributed by atoms with Crippen LogP contribution in [0.2, 0.25) is 0 Å². The fourth-order valence-electron chi connectivity index (χ4n) is 4.42. The predicted molar refractivity (Wildman–Crippen MR) is 120 cm³/mol. The van der Waals surface area contributed by atoms with E-state index in [0.29, 0.717) is 17.9 Å². The van der Waals surface area contributed by atoms with E-state index in [9.17, 15) is 13.2 Å². The maximum absolute atomic E-state index is 13.0. The molecule has 7 nitrogen and oxygen atoms in total. The Balaban J connectivity index is 1.38. The highest BCUT2D eigenvalue weighted by Crippen LogP contribution is 2.30. The molecule has 0 spiro atoms. The molecular weight excluding hydrogens is 414 g/mol. The second-order valence-electron chi connectivity index (χ2n) is 8.34. The minimum atomic E-state index is -3.25. The summed E-state index contributed by atoms with van der Waals surface area (Å²) in [7, 11) is -1.58. The molecule has 0 saturated carbocycles. The van der Waals surface area contributed by atoms with Gasteiger partial charge in [-0.3, -0.25) is 9.80 Å². The summed E-state index contributed by atoms with van der Waals surface area (Å²) < 4.78 is 28.9. The Bertz CT molecular complexity index is 1070. The van der Waals surface area contributed by atoms with Crippen LogP contribution < -0.4 is 15.0 Å². The lowest BCUT2D eigenvalue weighted by molar-refractivity contribution is 0.182. The van der Waals surface area contributed by atoms with Gasteiger partial charge in [-0.25, -0.2) is 13.2 Å². The fourth-order valence-corrected chi connectivity index (χ4v) is 5.09. The molecule has 1 atom stereocenters. The van der Waals surface area contributed by atoms with E-state index in [-0.39, 0.29) is 12.1 Å². The monoisotopic (exact) mass is 443 g/mol. The van der Waals surface area contributed by atoms with Crippen molar-refractivity contribution in [1.82, 2.24) is 10.2 Å². The molecule has 166 valence electrons. The van der Waals surface area contributed by atoms with Crippen molar-refractivity contribution >= 4 is 21.6 Å². The Morgan fingerprint density at radius 3 is 2.81 bits per heavy atom. The van der Waals surface area contributed by atoms with Gasteiger partial charge in [-0.15, -0.1) is 0 Å². The zero-order valence-electron chi connectivity index (χ0n) is 18.0. The topological polar surface area (TPSA) is 79.0 Å². The van der Waals surface area contributed by atoms with Crippen molar-refractivity contribution in [3.8, 4) is 5.75 Å². The molecule has 2 aromatic carbocycles. The summed E-state index contributed by atoms with van der Waals surface area (Å²) in [6.07, 6.45) is 3.85. The molecule has 1 N–H and O–H groups in total. The van der Waals surface area contributed by atoms with Crippen LogP contribution in [0.15, 0.2) is 47.4 Å². The van der Waals surface area contributed by atoms with Crippen molar-refractivity contribution in [3.05, 3.63) is 53.6 Å². The Morgan fingerprint density at radius 2 is 2.03 bits per heavy atom. The van der Waals surface area contributed by atoms with Gasteiger partial charge < -0.3 is 10.1 Å². The van der Waals surface area contributed by atoms with E-state index in [0.717, 1.165) is 49.5 Å². The van der Waals surface area contributed by atoms with Gasteiger partial charge in [0.1, 0.15) is 5.75 Å². The van der Waals surface area contributed by atoms with Gasteiger partial charge in [0.25, 0.3) is 0 Å². The zero-order chi connectivity index (χ0) is 22.0. The first-order valence-corrected chi connectivity index (χ1v) is 12.5. The molecule has 4 rings (SSSR count). The summed E-state index contributed by atoms with van der Waals surface area (Å²) in [5.74, 6) is 0.853. The third-order valence-electron chi connectivity index (χ3n) is 5.99. The molecule has 8 heteroatoms. The minimum Gasteiger partial charge on any atom is -0.497 e. The van der Waals surface area contributed by atoms with Gasteiger partial charge in [-0.05, 0) is 67.3 Å². The lowest BCUT2D eigenvalue weighted by atomic mass is 10.0. The zero-order valence-corrected chi connectivity index (χ0v) is 18.8. The number of hydrogen-bond acceptors (Lipinski definition) is 5. The van der Waals surface area contributed by atoms with E-state index >= 15 is 0 Å². The number of piperidine rings is 1. The van der Waals surface area contributed by atoms with Crippen LogP contribution in [0.25, 0.3) is 0 Å². The highest BCUT2D eigenvalue weighted by molar-refractivity contribution is 7.90. The fraction of sp³-hybridized carbons (Fsp3) is 0.435. The normalized spacial score (nSPS) is 19.2. The van der Waals surface area contributed by atoms with Crippen molar-refractivity contribution in [3.63, 3.8) is 0 Å². The summed E-state index contributed by atoms with van der Waals surface area (Å²) in [6, 6.07) is 13.1. The van der Waals surface area contributed by atoms with E-state index < -0.39 is 9.84 Å². The quantitative estimate of drug-likeness (QED) is 0.769. The number of carbonyl (C=O) groups is 1. The van der Waals surface area contributed by atoms with Gasteiger partial charge in [0, 0.05) is 37.6 Å². The standard InChI is InChI=1S/C23H29N3O4S/c1-30-20-7-3-5-17(13-20)15-25-11-4-6-19(16-25)24-23(27)26-12-10-18-14-21(31(2,28)29)8-9-22(18)26/h3,5,7-9,13-14,19H,4,6,10-12,15-16H2,1-2H3,(H,24,27). The molecule has 1 saturated heterocycles. The average molecular weight is 444 g/mol. The van der Waals surface area contributed by atoms with E-state index in [1.165, 1.54) is 11.8 Å². The largest absolute Gasteiger partial charge is 0.497 e. The lowest BCUT2D eigenvalue weighted by Crippen LogP contribution is -2.51. The number of anilines is 1. The molecule has 2 aliphatic heterocycles. The van der Waals surface area contributed by atoms with Crippen LogP contribution in [-0.2, 0) is 22.8 Å². The molecule has 2 heterocycles. The number of hydrogen-bond donors (Lipinski definition) is 1. The Kier molecular flexibility index (Phi) is 6.20. The second kappa shape index (κ2) is 8.88. The van der Waals surface area contributed by atoms with Crippen molar-refractivity contribution in [2.24, 2.45) is 0 Å². The number of amides is 2. The molecule has 0 bridgehead atoms. The number of carbonyl (C=O) groups excluding carboxylic acids is 1. The molecule has 0 aliphatic carbocycles. The highest BCUT2D eigenvalue weighted by Gasteiger charge is 2.29. The van der Waals surface area contributed by atoms with E-state index in [1.807, 2.05) is 18.2 Å². The number of rotatable bonds is 5. The van der Waals surface area contributed by atoms with Gasteiger partial charge in [0.15, 0.2) is 9.84 Å². The smallest absolute Gasteiger partial charge is 0.322 e. The first kappa shape index (κ1) is 21.6. The predicted octanol–water partition coefficient (Wildman–Crippen LogP) is 2.84. The van der Waals surface area contributed by atoms with Gasteiger partial charge in [-0.2, -0.15) is 0 Å². The van der Waals surface area contributed by atoms with Crippen LogP contribution in [0.5, 0.6) is 5.75 Å². The van der Waals surface area contributed by atoms with Gasteiger partial charge in [0.05, 0.1) is 12.0 Å². The summed E-state index contributed by atoms with van der Waals surface area (Å²) in [6.45, 7) is 3.19. The number of nitrogens with zero attached hydrogens (tertiary/aromatic N) is 2. The molecule has 31 heavy (non-hydrogen) atoms. The van der Waals surface area contributed by atoms with Crippen molar-refractivity contribution < 1.29 is 17.9 Å². The van der Waals surface area contributed by atoms with Crippen molar-refractivity contribution in [2.75, 3.05) is 37.9 Å². The highest BCUT2D eigenvalue weighted by atomic mass is 32.2. The summed E-state index contributed by atoms with van der Waals surface area (Å²) in [5, 5.41) is 3.19. The Hall–Kier alpha value is -2.58. The van der Waals surface area contributed by atoms with Crippen LogP contribution >= 0.6 is 0 Å². The van der Waals surface area contributed by atoms with Crippen LogP contribution in [0, 0.1) is 0 Å². The molecular formula is C23H29N3O4S. The first-order chi connectivity index (χ1) is 14.8. The first-order valence-electron chi connectivity index (χ1n) is 10.6. The van der Waals surface area contributed by atoms with Gasteiger partial charge in [-0.1, -0.05) is 12.1 Å². The minimum absolute atomic E-state index is 0.0891. The number of ether oxygens (including phenoxy) is 1. The Morgan fingerprint density at radius 1 is 1.19 bits per heavy atom. The van der Waals surface area contributed by atoms with E-state index in [2.05, 4.69) is 16.3 Å². The summed E-state index contributed by atoms with van der Waals surface area (Å²) >= 11 is 0. The van der Waals surface area contributed by atoms with E-state index in [1.54, 1.807) is 30.2 Å². The van der Waals surface area contributed by atoms with Gasteiger partial charge >= 0.3 is 6.03 Å². The molecule has 1 unspecified atom stereocenters. The maximum atomic E-state index is 13.0. The maximum Gasteiger partial charge on any atom is 0.322 e. The molecule has 2 aromatic rings. The SMILES string of the molecule is COc1cccc(CN2CCCC(NC(=O)N3CCc4cc(S(C)(=O)=O)ccc43)C2)c1. The molecule has 0 aromatic heterocycles. The second-order valence-corrected chi connectivity index (χ2v) is 10.4. The van der Waals surface area contributed by atoms with Crippen LogP contribution in [0.1, 0.15) is 24.0 Å². The Labute approximate surface area is 183 Å². The van der Waals surface area contributed by atoms with Crippen molar-refractivity contribution in [1.29, 1.82) is 0 Å². The van der Waals surface area contributed by atoms with Crippen molar-refractivity contribution in [2.45, 2.75) is 36.7 Å². The van der Waals surface area contributed by atoms with Crippen LogP contribution in [-0.4, -0.2) is 58.4 Å². The third-order valence-corrected chi connectivity index (χ3v) is 7.10. The van der Waals surface area contributed by atoms with E-state index in [4.69, 9.17) is 4.74 Å². The molecule has 0 radical (unpaired) electrons. The summed E-state index contributed by atoms with van der Waals surface area (Å²) in [5.41, 5.74) is 2.90. The lowest BCUT2D eigenvalue weighted by Gasteiger charge is -2.34. The van der Waals surface area contributed by atoms with Gasteiger partial charge in [0.2, 0.25) is 0 Å². The number of methoxy groups -OCH3 is 1. The number of fused-ring (bicyclic) bond motifs is 1. The molecule has 1 fully saturated rings. The summed E-state index contributed by atoms with van der Waals surface area (Å²) in [4.78, 5) is 17.4. The third kappa shape index (κ3) is 5.02. The molecule has 2 amide bonds. The number of benzene rings is 2. The number of likely N-dealkylation sites (tertiary alicyclic amines) is 1. The van der Waals surface area contributed by atoms with Crippen LogP contribution in [0.3, 0.4) is 0 Å². The number of nitrogens with one attached hydrogen (secondary N) is 1. The number of sulfone groups is 1. The number of urea groups is 1. The molecule has 2 aliphatic rings. The average Bonchev–Trinajstić information content (AvgIpc) is 3.17.